The van der Waals surface area contributed by atoms with Crippen molar-refractivity contribution >= 4 is 5.97 Å². The number of hydrogen-bond acceptors (Lipinski definition) is 2. The van der Waals surface area contributed by atoms with Crippen molar-refractivity contribution < 1.29 is 23.1 Å². The Morgan fingerprint density at radius 1 is 1.30 bits per heavy atom. The molecular weight excluding hydrogens is 271 g/mol. The van der Waals surface area contributed by atoms with Gasteiger partial charge in [0.05, 0.1) is 11.5 Å². The van der Waals surface area contributed by atoms with Crippen molar-refractivity contribution in [1.82, 2.24) is 5.32 Å². The normalized spacial score (nSPS) is 21.4. The van der Waals surface area contributed by atoms with Crippen molar-refractivity contribution in [3.63, 3.8) is 0 Å². The van der Waals surface area contributed by atoms with E-state index in [-0.39, 0.29) is 5.92 Å². The molecule has 0 amide bonds. The molecule has 0 bridgehead atoms. The van der Waals surface area contributed by atoms with E-state index in [0.717, 1.165) is 31.5 Å². The van der Waals surface area contributed by atoms with Crippen LogP contribution in [0.3, 0.4) is 0 Å². The van der Waals surface area contributed by atoms with E-state index in [0.29, 0.717) is 12.1 Å². The van der Waals surface area contributed by atoms with Crippen molar-refractivity contribution in [2.24, 2.45) is 5.92 Å². The van der Waals surface area contributed by atoms with Crippen molar-refractivity contribution in [3.8, 4) is 0 Å². The maximum Gasteiger partial charge on any atom is 0.416 e. The summed E-state index contributed by atoms with van der Waals surface area (Å²) in [6.45, 7) is 1.44. The number of hydrogen-bond donors (Lipinski definition) is 2. The highest BCUT2D eigenvalue weighted by Crippen LogP contribution is 2.33. The zero-order valence-corrected chi connectivity index (χ0v) is 10.8. The van der Waals surface area contributed by atoms with E-state index in [1.165, 1.54) is 12.1 Å². The largest absolute Gasteiger partial charge is 0.481 e. The van der Waals surface area contributed by atoms with Crippen LogP contribution in [0.1, 0.15) is 29.9 Å². The fourth-order valence-electron chi connectivity index (χ4n) is 2.66. The molecular formula is C14H16F3NO2. The molecule has 1 fully saturated rings. The van der Waals surface area contributed by atoms with E-state index >= 15 is 0 Å². The monoisotopic (exact) mass is 287 g/mol. The summed E-state index contributed by atoms with van der Waals surface area (Å²) in [5.41, 5.74) is -0.327. The molecule has 1 aliphatic heterocycles. The predicted octanol–water partition coefficient (Wildman–Crippen LogP) is 2.87. The molecule has 110 valence electrons. The second-order valence-corrected chi connectivity index (χ2v) is 5.04. The molecule has 20 heavy (non-hydrogen) atoms. The van der Waals surface area contributed by atoms with E-state index in [2.05, 4.69) is 5.32 Å². The van der Waals surface area contributed by atoms with Gasteiger partial charge in [-0.2, -0.15) is 13.2 Å². The van der Waals surface area contributed by atoms with Crippen molar-refractivity contribution in [2.75, 3.05) is 13.1 Å². The van der Waals surface area contributed by atoms with Gasteiger partial charge in [-0.3, -0.25) is 4.79 Å². The molecule has 6 heteroatoms. The van der Waals surface area contributed by atoms with Crippen LogP contribution in [0.25, 0.3) is 0 Å². The van der Waals surface area contributed by atoms with Crippen molar-refractivity contribution in [2.45, 2.75) is 24.9 Å². The van der Waals surface area contributed by atoms with Gasteiger partial charge in [-0.15, -0.1) is 0 Å². The third kappa shape index (κ3) is 3.30. The first-order chi connectivity index (χ1) is 9.39. The maximum absolute atomic E-state index is 12.5. The van der Waals surface area contributed by atoms with Gasteiger partial charge in [0.2, 0.25) is 0 Å². The standard InChI is InChI=1S/C14H16F3NO2/c15-14(16,17)11-5-3-9(4-6-11)12(13(19)20)10-2-1-7-18-8-10/h3-6,10,12,18H,1-2,7-8H2,(H,19,20). The minimum atomic E-state index is -4.40. The first-order valence-corrected chi connectivity index (χ1v) is 6.50. The Balaban J connectivity index is 2.23. The Labute approximate surface area is 114 Å². The summed E-state index contributed by atoms with van der Waals surface area (Å²) in [5, 5.41) is 12.5. The molecule has 2 rings (SSSR count). The molecule has 3 nitrogen and oxygen atoms in total. The van der Waals surface area contributed by atoms with Crippen LogP contribution in [0.5, 0.6) is 0 Å². The van der Waals surface area contributed by atoms with Gasteiger partial charge in [0.15, 0.2) is 0 Å². The maximum atomic E-state index is 12.5. The molecule has 0 aliphatic carbocycles. The Hall–Kier alpha value is -1.56. The topological polar surface area (TPSA) is 49.3 Å². The van der Waals surface area contributed by atoms with Gasteiger partial charge >= 0.3 is 12.1 Å². The highest BCUT2D eigenvalue weighted by Gasteiger charge is 2.33. The Morgan fingerprint density at radius 3 is 2.40 bits per heavy atom. The molecule has 2 unspecified atom stereocenters. The molecule has 0 aromatic heterocycles. The SMILES string of the molecule is O=C(O)C(c1ccc(C(F)(F)F)cc1)C1CCCNC1. The molecule has 2 N–H and O–H groups in total. The minimum absolute atomic E-state index is 0.0852. The number of carboxylic acid groups (broad SMARTS) is 1. The lowest BCUT2D eigenvalue weighted by molar-refractivity contribution is -0.140. The summed E-state index contributed by atoms with van der Waals surface area (Å²) in [4.78, 5) is 11.4. The second-order valence-electron chi connectivity index (χ2n) is 5.04. The third-order valence-electron chi connectivity index (χ3n) is 3.67. The van der Waals surface area contributed by atoms with Gasteiger partial charge in [-0.05, 0) is 49.5 Å². The summed E-state index contributed by atoms with van der Waals surface area (Å²) >= 11 is 0. The average molecular weight is 287 g/mol. The van der Waals surface area contributed by atoms with Crippen LogP contribution in [0, 0.1) is 5.92 Å². The highest BCUT2D eigenvalue weighted by atomic mass is 19.4. The van der Waals surface area contributed by atoms with Crippen LogP contribution in [0.4, 0.5) is 13.2 Å². The molecule has 1 saturated heterocycles. The summed E-state index contributed by atoms with van der Waals surface area (Å²) in [5.74, 6) is -1.83. The Morgan fingerprint density at radius 2 is 1.95 bits per heavy atom. The van der Waals surface area contributed by atoms with Gasteiger partial charge < -0.3 is 10.4 Å². The zero-order chi connectivity index (χ0) is 14.8. The van der Waals surface area contributed by atoms with Crippen LogP contribution in [-0.2, 0) is 11.0 Å². The van der Waals surface area contributed by atoms with Gasteiger partial charge in [0.25, 0.3) is 0 Å². The summed E-state index contributed by atoms with van der Waals surface area (Å²) in [6.07, 6.45) is -2.75. The quantitative estimate of drug-likeness (QED) is 0.898. The number of rotatable bonds is 3. The average Bonchev–Trinajstić information content (AvgIpc) is 2.39. The molecule has 1 aromatic rings. The van der Waals surface area contributed by atoms with E-state index < -0.39 is 23.6 Å². The summed E-state index contributed by atoms with van der Waals surface area (Å²) < 4.78 is 37.5. The summed E-state index contributed by atoms with van der Waals surface area (Å²) in [7, 11) is 0. The van der Waals surface area contributed by atoms with Crippen molar-refractivity contribution in [3.05, 3.63) is 35.4 Å². The Kier molecular flexibility index (Phi) is 4.32. The fourth-order valence-corrected chi connectivity index (χ4v) is 2.66. The lowest BCUT2D eigenvalue weighted by Crippen LogP contribution is -2.36. The number of halogens is 3. The van der Waals surface area contributed by atoms with Crippen LogP contribution >= 0.6 is 0 Å². The molecule has 2 atom stereocenters. The van der Waals surface area contributed by atoms with Gasteiger partial charge in [0.1, 0.15) is 0 Å². The first kappa shape index (κ1) is 14.8. The molecule has 0 radical (unpaired) electrons. The summed E-state index contributed by atoms with van der Waals surface area (Å²) in [6, 6.07) is 4.44. The van der Waals surface area contributed by atoms with Gasteiger partial charge in [-0.1, -0.05) is 12.1 Å². The van der Waals surface area contributed by atoms with E-state index in [4.69, 9.17) is 0 Å². The van der Waals surface area contributed by atoms with Gasteiger partial charge in [0, 0.05) is 0 Å². The van der Waals surface area contributed by atoms with E-state index in [1.54, 1.807) is 0 Å². The number of nitrogens with one attached hydrogen (secondary N) is 1. The number of piperidine rings is 1. The van der Waals surface area contributed by atoms with Crippen LogP contribution in [0.15, 0.2) is 24.3 Å². The van der Waals surface area contributed by atoms with Crippen LogP contribution in [-0.4, -0.2) is 24.2 Å². The molecule has 0 spiro atoms. The number of aliphatic carboxylic acids is 1. The predicted molar refractivity (Wildman–Crippen MR) is 67.4 cm³/mol. The fraction of sp³-hybridized carbons (Fsp3) is 0.500. The molecule has 1 heterocycles. The second kappa shape index (κ2) is 5.83. The molecule has 1 aliphatic rings. The number of carboxylic acids is 1. The number of benzene rings is 1. The number of carbonyl (C=O) groups is 1. The zero-order valence-electron chi connectivity index (χ0n) is 10.8. The van der Waals surface area contributed by atoms with Gasteiger partial charge in [-0.25, -0.2) is 0 Å². The lowest BCUT2D eigenvalue weighted by atomic mass is 9.81. The lowest BCUT2D eigenvalue weighted by Gasteiger charge is -2.28. The Bertz CT molecular complexity index is 464. The first-order valence-electron chi connectivity index (χ1n) is 6.50. The minimum Gasteiger partial charge on any atom is -0.481 e. The molecule has 0 saturated carbocycles. The number of alkyl halides is 3. The third-order valence-corrected chi connectivity index (χ3v) is 3.67. The van der Waals surface area contributed by atoms with E-state index in [1.807, 2.05) is 0 Å². The van der Waals surface area contributed by atoms with Crippen LogP contribution < -0.4 is 5.32 Å². The smallest absolute Gasteiger partial charge is 0.416 e. The molecule has 1 aromatic carbocycles. The van der Waals surface area contributed by atoms with E-state index in [9.17, 15) is 23.1 Å². The van der Waals surface area contributed by atoms with Crippen molar-refractivity contribution in [1.29, 1.82) is 0 Å². The van der Waals surface area contributed by atoms with Crippen LogP contribution in [0.2, 0.25) is 0 Å². The highest BCUT2D eigenvalue weighted by molar-refractivity contribution is 5.76.